The molecule has 14 nitrogen and oxygen atoms in total. The van der Waals surface area contributed by atoms with Crippen LogP contribution < -0.4 is 9.47 Å². The van der Waals surface area contributed by atoms with Gasteiger partial charge in [-0.15, -0.1) is 0 Å². The zero-order valence-corrected chi connectivity index (χ0v) is 42.3. The van der Waals surface area contributed by atoms with Crippen LogP contribution >= 0.6 is 0 Å². The highest BCUT2D eigenvalue weighted by Gasteiger charge is 2.19. The van der Waals surface area contributed by atoms with Gasteiger partial charge in [0.2, 0.25) is 0 Å². The lowest BCUT2D eigenvalue weighted by Crippen LogP contribution is -2.14. The maximum Gasteiger partial charge on any atom is 0.343 e. The maximum atomic E-state index is 12.2. The van der Waals surface area contributed by atoms with Crippen molar-refractivity contribution in [1.82, 2.24) is 0 Å². The summed E-state index contributed by atoms with van der Waals surface area (Å²) in [7, 11) is 2.57. The van der Waals surface area contributed by atoms with Gasteiger partial charge < -0.3 is 33.5 Å². The fourth-order valence-corrected chi connectivity index (χ4v) is 6.29. The molecule has 0 aliphatic rings. The lowest BCUT2D eigenvalue weighted by atomic mass is 10.1. The number of ether oxygens (including phenoxy) is 6. The number of carboxylic acids is 1. The summed E-state index contributed by atoms with van der Waals surface area (Å²) in [5.41, 5.74) is 1.75. The van der Waals surface area contributed by atoms with E-state index in [1.165, 1.54) is 71.3 Å². The lowest BCUT2D eigenvalue weighted by Gasteiger charge is -2.09. The Hall–Kier alpha value is -7.61. The number of carbonyl (C=O) groups excluding carboxylic acids is 6. The van der Waals surface area contributed by atoms with Gasteiger partial charge in [-0.3, -0.25) is 4.79 Å². The number of para-hydroxylation sites is 2. The molecule has 0 saturated heterocycles. The molecule has 0 radical (unpaired) electrons. The molecule has 72 heavy (non-hydrogen) atoms. The first-order valence-electron chi connectivity index (χ1n) is 24.4. The summed E-state index contributed by atoms with van der Waals surface area (Å²) in [6.07, 6.45) is 15.0. The van der Waals surface area contributed by atoms with Gasteiger partial charge in [0.15, 0.2) is 0 Å². The van der Waals surface area contributed by atoms with Gasteiger partial charge in [0.1, 0.15) is 11.5 Å². The molecule has 14 heteroatoms. The molecule has 5 aromatic rings. The van der Waals surface area contributed by atoms with Gasteiger partial charge in [-0.05, 0) is 92.1 Å². The molecule has 386 valence electrons. The van der Waals surface area contributed by atoms with Gasteiger partial charge in [0, 0.05) is 6.42 Å². The average Bonchev–Trinajstić information content (AvgIpc) is 3.41. The molecule has 0 heterocycles. The minimum absolute atomic E-state index is 0.269. The average molecular weight is 991 g/mol. The lowest BCUT2D eigenvalue weighted by molar-refractivity contribution is -0.137. The number of carboxylic acid groups (broad SMARTS) is 1. The normalized spacial score (nSPS) is 9.96. The Morgan fingerprint density at radius 3 is 1.06 bits per heavy atom. The largest absolute Gasteiger partial charge is 0.481 e. The molecule has 5 aromatic carbocycles. The van der Waals surface area contributed by atoms with E-state index in [0.717, 1.165) is 38.5 Å². The molecule has 0 bridgehead atoms. The number of hydrogen-bond donors (Lipinski definition) is 1. The zero-order valence-electron chi connectivity index (χ0n) is 42.3. The van der Waals surface area contributed by atoms with Crippen molar-refractivity contribution >= 4 is 41.8 Å². The topological polar surface area (TPSA) is 195 Å². The van der Waals surface area contributed by atoms with Crippen molar-refractivity contribution in [3.63, 3.8) is 0 Å². The van der Waals surface area contributed by atoms with Gasteiger partial charge in [-0.1, -0.05) is 146 Å². The smallest absolute Gasteiger partial charge is 0.343 e. The Morgan fingerprint density at radius 1 is 0.375 bits per heavy atom. The molecule has 1 N–H and O–H groups in total. The van der Waals surface area contributed by atoms with Crippen molar-refractivity contribution in [3.05, 3.63) is 167 Å². The Morgan fingerprint density at radius 2 is 0.708 bits per heavy atom. The fourth-order valence-electron chi connectivity index (χ4n) is 6.29. The molecule has 0 saturated carbocycles. The molecule has 0 amide bonds. The molecule has 0 aromatic heterocycles. The standard InChI is InChI=1S/C20H14O4.C16H22O4.C12H24O2.C10H10O4/c21-19(23-17-10-3-1-4-11-17)15-8-7-9-16(14-15)20(22)24-18-12-5-2-6-13-18;1-3-5-11-19-15(17)13-9-7-8-10-14(13)16(18)20-12-6-4-2;1-2-3-4-5-6-7-8-9-10-11-12(13)14;1-13-9(11)7-4-3-5-8(6-7)10(12)14-2/h1-14H;7-10H,3-6,11-12H2,1-2H3;2-11H2,1H3,(H,13,14);3-6H,1-2H3. The van der Waals surface area contributed by atoms with Crippen LogP contribution in [0.4, 0.5) is 0 Å². The number of aliphatic carboxylic acids is 1. The van der Waals surface area contributed by atoms with Crippen LogP contribution in [0.3, 0.4) is 0 Å². The summed E-state index contributed by atoms with van der Waals surface area (Å²) >= 11 is 0. The van der Waals surface area contributed by atoms with E-state index in [4.69, 9.17) is 24.1 Å². The van der Waals surface area contributed by atoms with Crippen LogP contribution in [0.2, 0.25) is 0 Å². The number of rotatable bonds is 24. The van der Waals surface area contributed by atoms with E-state index >= 15 is 0 Å². The van der Waals surface area contributed by atoms with Crippen molar-refractivity contribution in [3.8, 4) is 11.5 Å². The number of unbranched alkanes of at least 4 members (excludes halogenated alkanes) is 10. The first kappa shape index (κ1) is 60.5. The summed E-state index contributed by atoms with van der Waals surface area (Å²) in [6.45, 7) is 7.01. The van der Waals surface area contributed by atoms with Crippen LogP contribution in [0, 0.1) is 0 Å². The first-order valence-corrected chi connectivity index (χ1v) is 24.4. The van der Waals surface area contributed by atoms with E-state index < -0.39 is 41.8 Å². The third-order valence-electron chi connectivity index (χ3n) is 10.3. The van der Waals surface area contributed by atoms with E-state index in [0.29, 0.717) is 42.3 Å². The number of benzene rings is 5. The van der Waals surface area contributed by atoms with Gasteiger partial charge in [0.25, 0.3) is 0 Å². The van der Waals surface area contributed by atoms with Crippen molar-refractivity contribution in [2.45, 2.75) is 111 Å². The van der Waals surface area contributed by atoms with Crippen LogP contribution in [0.5, 0.6) is 11.5 Å². The number of hydrogen-bond acceptors (Lipinski definition) is 13. The van der Waals surface area contributed by atoms with Crippen molar-refractivity contribution < 1.29 is 67.1 Å². The Bertz CT molecular complexity index is 2240. The molecule has 5 rings (SSSR count). The predicted octanol–water partition coefficient (Wildman–Crippen LogP) is 13.0. The number of carbonyl (C=O) groups is 7. The zero-order chi connectivity index (χ0) is 52.8. The SMILES string of the molecule is CCCCCCCCCCCC(=O)O.CCCCOC(=O)c1ccccc1C(=O)OCCCC.COC(=O)c1cccc(C(=O)OC)c1.O=C(Oc1ccccc1)c1cccc(C(=O)Oc2ccccc2)c1. The van der Waals surface area contributed by atoms with E-state index in [-0.39, 0.29) is 22.3 Å². The van der Waals surface area contributed by atoms with Crippen LogP contribution in [0.15, 0.2) is 133 Å². The summed E-state index contributed by atoms with van der Waals surface area (Å²) in [4.78, 5) is 80.6. The summed E-state index contributed by atoms with van der Waals surface area (Å²) in [5.74, 6) is -2.73. The van der Waals surface area contributed by atoms with Crippen LogP contribution in [-0.4, -0.2) is 74.3 Å². The minimum Gasteiger partial charge on any atom is -0.481 e. The van der Waals surface area contributed by atoms with Crippen LogP contribution in [0.25, 0.3) is 0 Å². The second-order valence-electron chi connectivity index (χ2n) is 16.0. The molecule has 0 aliphatic carbocycles. The van der Waals surface area contributed by atoms with Gasteiger partial charge in [0.05, 0.1) is 60.8 Å². The van der Waals surface area contributed by atoms with Crippen molar-refractivity contribution in [2.75, 3.05) is 27.4 Å². The van der Waals surface area contributed by atoms with Gasteiger partial charge in [-0.25, -0.2) is 28.8 Å². The number of esters is 6. The third kappa shape index (κ3) is 25.3. The van der Waals surface area contributed by atoms with Crippen molar-refractivity contribution in [2.24, 2.45) is 0 Å². The van der Waals surface area contributed by atoms with Crippen molar-refractivity contribution in [1.29, 1.82) is 0 Å². The molecular weight excluding hydrogens is 921 g/mol. The fraction of sp³-hybridized carbons (Fsp3) is 0.362. The van der Waals surface area contributed by atoms with Crippen LogP contribution in [0.1, 0.15) is 173 Å². The molecule has 0 aliphatic heterocycles. The van der Waals surface area contributed by atoms with E-state index in [2.05, 4.69) is 16.4 Å². The third-order valence-corrected chi connectivity index (χ3v) is 10.3. The van der Waals surface area contributed by atoms with Crippen LogP contribution in [-0.2, 0) is 23.7 Å². The highest BCUT2D eigenvalue weighted by Crippen LogP contribution is 2.17. The Kier molecular flexibility index (Phi) is 31.3. The summed E-state index contributed by atoms with van der Waals surface area (Å²) in [6, 6.07) is 36.5. The van der Waals surface area contributed by atoms with Gasteiger partial charge >= 0.3 is 41.8 Å². The summed E-state index contributed by atoms with van der Waals surface area (Å²) in [5, 5.41) is 8.41. The van der Waals surface area contributed by atoms with E-state index in [9.17, 15) is 33.6 Å². The van der Waals surface area contributed by atoms with Gasteiger partial charge in [-0.2, -0.15) is 0 Å². The monoisotopic (exact) mass is 990 g/mol. The van der Waals surface area contributed by atoms with E-state index in [1.807, 2.05) is 26.0 Å². The second-order valence-corrected chi connectivity index (χ2v) is 16.0. The molecule has 0 unspecified atom stereocenters. The minimum atomic E-state index is -0.659. The molecular formula is C58H70O14. The second kappa shape index (κ2) is 37.2. The Labute approximate surface area is 424 Å². The first-order chi connectivity index (χ1) is 34.9. The highest BCUT2D eigenvalue weighted by atomic mass is 16.6. The molecule has 0 fully saturated rings. The number of methoxy groups -OCH3 is 2. The highest BCUT2D eigenvalue weighted by molar-refractivity contribution is 6.03. The molecule has 0 spiro atoms. The predicted molar refractivity (Wildman–Crippen MR) is 275 cm³/mol. The molecule has 0 atom stereocenters. The quantitative estimate of drug-likeness (QED) is 0.0265. The Balaban J connectivity index is 0.000000339. The maximum absolute atomic E-state index is 12.2. The van der Waals surface area contributed by atoms with E-state index in [1.54, 1.807) is 109 Å². The summed E-state index contributed by atoms with van der Waals surface area (Å²) < 4.78 is 29.8.